The minimum absolute atomic E-state index is 0.101. The van der Waals surface area contributed by atoms with Gasteiger partial charge in [0.15, 0.2) is 0 Å². The second-order valence-electron chi connectivity index (χ2n) is 3.94. The van der Waals surface area contributed by atoms with Crippen LogP contribution in [0.3, 0.4) is 0 Å². The maximum absolute atomic E-state index is 13.3. The molecule has 0 heterocycles. The molecular formula is C13H16BrFN2O2. The normalized spacial score (nSPS) is 11.7. The minimum atomic E-state index is -0.480. The van der Waals surface area contributed by atoms with E-state index < -0.39 is 5.82 Å². The van der Waals surface area contributed by atoms with E-state index in [-0.39, 0.29) is 35.3 Å². The molecule has 0 unspecified atom stereocenters. The van der Waals surface area contributed by atoms with Crippen LogP contribution >= 0.6 is 15.9 Å². The van der Waals surface area contributed by atoms with E-state index >= 15 is 0 Å². The Morgan fingerprint density at radius 3 is 2.68 bits per heavy atom. The number of benzene rings is 1. The van der Waals surface area contributed by atoms with Crippen LogP contribution in [0.2, 0.25) is 0 Å². The number of hydrogen-bond acceptors (Lipinski definition) is 2. The Kier molecular flexibility index (Phi) is 6.49. The number of para-hydroxylation sites is 1. The predicted molar refractivity (Wildman–Crippen MR) is 75.7 cm³/mol. The van der Waals surface area contributed by atoms with Crippen LogP contribution in [-0.4, -0.2) is 23.2 Å². The van der Waals surface area contributed by atoms with Gasteiger partial charge in [0.1, 0.15) is 5.82 Å². The van der Waals surface area contributed by atoms with Gasteiger partial charge >= 0.3 is 0 Å². The molecule has 1 aromatic rings. The van der Waals surface area contributed by atoms with Gasteiger partial charge in [0.25, 0.3) is 0 Å². The first-order chi connectivity index (χ1) is 9.04. The lowest BCUT2D eigenvalue weighted by atomic mass is 10.3. The maximum atomic E-state index is 13.3. The van der Waals surface area contributed by atoms with Crippen LogP contribution in [0.15, 0.2) is 24.3 Å². The second-order valence-corrected chi connectivity index (χ2v) is 5.05. The Morgan fingerprint density at radius 2 is 2.05 bits per heavy atom. The lowest BCUT2D eigenvalue weighted by Gasteiger charge is -2.09. The first-order valence-electron chi connectivity index (χ1n) is 6.00. The van der Waals surface area contributed by atoms with E-state index in [4.69, 9.17) is 0 Å². The molecule has 0 aromatic heterocycles. The Labute approximate surface area is 119 Å². The van der Waals surface area contributed by atoms with Gasteiger partial charge in [-0.25, -0.2) is 4.39 Å². The molecule has 0 bridgehead atoms. The number of carbonyl (C=O) groups is 2. The van der Waals surface area contributed by atoms with Gasteiger partial charge in [-0.3, -0.25) is 9.59 Å². The lowest BCUT2D eigenvalue weighted by Crippen LogP contribution is -2.33. The zero-order valence-corrected chi connectivity index (χ0v) is 12.2. The summed E-state index contributed by atoms with van der Waals surface area (Å²) in [5, 5.41) is 5.07. The molecule has 6 heteroatoms. The molecule has 0 aliphatic carbocycles. The van der Waals surface area contributed by atoms with Crippen LogP contribution in [-0.2, 0) is 9.59 Å². The van der Waals surface area contributed by atoms with Crippen LogP contribution < -0.4 is 10.6 Å². The number of hydrogen-bond donors (Lipinski definition) is 2. The van der Waals surface area contributed by atoms with Gasteiger partial charge in [0, 0.05) is 13.0 Å². The van der Waals surface area contributed by atoms with Crippen molar-refractivity contribution in [2.75, 3.05) is 11.9 Å². The van der Waals surface area contributed by atoms with Gasteiger partial charge in [-0.2, -0.15) is 0 Å². The van der Waals surface area contributed by atoms with E-state index in [2.05, 4.69) is 26.6 Å². The van der Waals surface area contributed by atoms with Crippen molar-refractivity contribution in [3.8, 4) is 0 Å². The van der Waals surface area contributed by atoms with Crippen molar-refractivity contribution in [2.24, 2.45) is 0 Å². The topological polar surface area (TPSA) is 58.2 Å². The first-order valence-corrected chi connectivity index (χ1v) is 6.92. The molecule has 2 N–H and O–H groups in total. The van der Waals surface area contributed by atoms with Gasteiger partial charge in [0.05, 0.1) is 10.5 Å². The van der Waals surface area contributed by atoms with Gasteiger partial charge in [0.2, 0.25) is 11.8 Å². The SMILES string of the molecule is CC[C@H](Br)C(=O)NCCC(=O)Nc1ccccc1F. The number of rotatable bonds is 6. The first kappa shape index (κ1) is 15.6. The molecule has 1 rings (SSSR count). The summed E-state index contributed by atoms with van der Waals surface area (Å²) in [7, 11) is 0. The summed E-state index contributed by atoms with van der Waals surface area (Å²) in [5.74, 6) is -0.972. The summed E-state index contributed by atoms with van der Waals surface area (Å²) in [5.41, 5.74) is 0.144. The van der Waals surface area contributed by atoms with Gasteiger partial charge in [-0.1, -0.05) is 35.0 Å². The summed E-state index contributed by atoms with van der Waals surface area (Å²) >= 11 is 3.21. The average Bonchev–Trinajstić information content (AvgIpc) is 2.40. The van der Waals surface area contributed by atoms with E-state index in [1.807, 2.05) is 6.92 Å². The standard InChI is InChI=1S/C13H16BrFN2O2/c1-2-9(14)13(19)16-8-7-12(18)17-11-6-4-3-5-10(11)15/h3-6,9H,2,7-8H2,1H3,(H,16,19)(H,17,18)/t9-/m0/s1. The average molecular weight is 331 g/mol. The maximum Gasteiger partial charge on any atom is 0.233 e. The smallest absolute Gasteiger partial charge is 0.233 e. The summed E-state index contributed by atoms with van der Waals surface area (Å²) < 4.78 is 13.3. The van der Waals surface area contributed by atoms with Gasteiger partial charge in [-0.05, 0) is 18.6 Å². The molecule has 104 valence electrons. The molecule has 0 fully saturated rings. The van der Waals surface area contributed by atoms with E-state index in [9.17, 15) is 14.0 Å². The minimum Gasteiger partial charge on any atom is -0.355 e. The van der Waals surface area contributed by atoms with Crippen LogP contribution in [0.25, 0.3) is 0 Å². The lowest BCUT2D eigenvalue weighted by molar-refractivity contribution is -0.120. The number of carbonyl (C=O) groups excluding carboxylic acids is 2. The van der Waals surface area contributed by atoms with E-state index in [0.29, 0.717) is 6.42 Å². The van der Waals surface area contributed by atoms with Crippen molar-refractivity contribution in [1.82, 2.24) is 5.32 Å². The van der Waals surface area contributed by atoms with Crippen molar-refractivity contribution in [1.29, 1.82) is 0 Å². The predicted octanol–water partition coefficient (Wildman–Crippen LogP) is 2.44. The molecule has 0 aliphatic rings. The van der Waals surface area contributed by atoms with Gasteiger partial charge in [-0.15, -0.1) is 0 Å². The van der Waals surface area contributed by atoms with Crippen LogP contribution in [0.5, 0.6) is 0 Å². The number of amides is 2. The van der Waals surface area contributed by atoms with Crippen LogP contribution in [0.4, 0.5) is 10.1 Å². The van der Waals surface area contributed by atoms with E-state index in [0.717, 1.165) is 0 Å². The highest BCUT2D eigenvalue weighted by Gasteiger charge is 2.12. The van der Waals surface area contributed by atoms with Crippen LogP contribution in [0, 0.1) is 5.82 Å². The van der Waals surface area contributed by atoms with Gasteiger partial charge < -0.3 is 10.6 Å². The van der Waals surface area contributed by atoms with E-state index in [1.165, 1.54) is 12.1 Å². The Balaban J connectivity index is 2.33. The Bertz CT molecular complexity index is 454. The van der Waals surface area contributed by atoms with Crippen molar-refractivity contribution in [3.63, 3.8) is 0 Å². The van der Waals surface area contributed by atoms with Crippen molar-refractivity contribution >= 4 is 33.4 Å². The Hall–Kier alpha value is -1.43. The number of nitrogens with one attached hydrogen (secondary N) is 2. The third-order valence-corrected chi connectivity index (χ3v) is 3.51. The molecule has 0 saturated carbocycles. The fraction of sp³-hybridized carbons (Fsp3) is 0.385. The summed E-state index contributed by atoms with van der Waals surface area (Å²) in [6.07, 6.45) is 0.775. The largest absolute Gasteiger partial charge is 0.355 e. The number of anilines is 1. The van der Waals surface area contributed by atoms with Crippen molar-refractivity contribution in [2.45, 2.75) is 24.6 Å². The quantitative estimate of drug-likeness (QED) is 0.787. The third kappa shape index (κ3) is 5.38. The highest BCUT2D eigenvalue weighted by Crippen LogP contribution is 2.12. The Morgan fingerprint density at radius 1 is 1.37 bits per heavy atom. The zero-order valence-electron chi connectivity index (χ0n) is 10.6. The van der Waals surface area contributed by atoms with Crippen molar-refractivity contribution < 1.29 is 14.0 Å². The third-order valence-electron chi connectivity index (χ3n) is 2.44. The molecule has 0 aliphatic heterocycles. The highest BCUT2D eigenvalue weighted by molar-refractivity contribution is 9.10. The highest BCUT2D eigenvalue weighted by atomic mass is 79.9. The monoisotopic (exact) mass is 330 g/mol. The summed E-state index contributed by atoms with van der Waals surface area (Å²) in [6, 6.07) is 5.94. The second kappa shape index (κ2) is 7.89. The molecule has 19 heavy (non-hydrogen) atoms. The van der Waals surface area contributed by atoms with Crippen LogP contribution in [0.1, 0.15) is 19.8 Å². The molecule has 0 radical (unpaired) electrons. The number of alkyl halides is 1. The number of halogens is 2. The molecular weight excluding hydrogens is 315 g/mol. The molecule has 2 amide bonds. The zero-order chi connectivity index (χ0) is 14.3. The molecule has 1 aromatic carbocycles. The van der Waals surface area contributed by atoms with E-state index in [1.54, 1.807) is 12.1 Å². The molecule has 4 nitrogen and oxygen atoms in total. The van der Waals surface area contributed by atoms with Crippen molar-refractivity contribution in [3.05, 3.63) is 30.1 Å². The summed E-state index contributed by atoms with van der Waals surface area (Å²) in [4.78, 5) is 22.7. The molecule has 0 saturated heterocycles. The summed E-state index contributed by atoms with van der Waals surface area (Å²) in [6.45, 7) is 2.10. The molecule has 0 spiro atoms. The fourth-order valence-corrected chi connectivity index (χ4v) is 1.53. The fourth-order valence-electron chi connectivity index (χ4n) is 1.37. The molecule has 1 atom stereocenters.